The second-order valence-electron chi connectivity index (χ2n) is 13.9. The van der Waals surface area contributed by atoms with Crippen LogP contribution in [-0.4, -0.2) is 28.4 Å². The Hall–Kier alpha value is -6.47. The van der Waals surface area contributed by atoms with E-state index in [-0.39, 0.29) is 0 Å². The number of methoxy groups -OCH3 is 4. The van der Waals surface area contributed by atoms with Gasteiger partial charge in [0, 0.05) is 0 Å². The molecule has 0 fully saturated rings. The van der Waals surface area contributed by atoms with Crippen molar-refractivity contribution in [1.29, 1.82) is 0 Å². The van der Waals surface area contributed by atoms with E-state index in [0.29, 0.717) is 29.2 Å². The van der Waals surface area contributed by atoms with Gasteiger partial charge in [-0.2, -0.15) is 13.2 Å². The van der Waals surface area contributed by atoms with Crippen LogP contribution in [0.15, 0.2) is 133 Å². The predicted octanol–water partition coefficient (Wildman–Crippen LogP) is 13.1. The van der Waals surface area contributed by atoms with Crippen molar-refractivity contribution in [3.8, 4) is 56.4 Å². The molecule has 0 aromatic heterocycles. The minimum absolute atomic E-state index is 0.570. The maximum atomic E-state index is 14.0. The third-order valence-electron chi connectivity index (χ3n) is 10.6. The number of hydrogen-bond acceptors (Lipinski definition) is 4. The molecule has 4 nitrogen and oxygen atoms in total. The molecule has 0 aliphatic heterocycles. The van der Waals surface area contributed by atoms with Gasteiger partial charge in [0.15, 0.2) is 0 Å². The van der Waals surface area contributed by atoms with E-state index in [4.69, 9.17) is 18.9 Å². The Morgan fingerprint density at radius 2 is 0.839 bits per heavy atom. The van der Waals surface area contributed by atoms with E-state index in [1.54, 1.807) is 40.6 Å². The van der Waals surface area contributed by atoms with Crippen molar-refractivity contribution in [2.24, 2.45) is 0 Å². The predicted molar refractivity (Wildman–Crippen MR) is 220 cm³/mol. The Kier molecular flexibility index (Phi) is 9.54. The van der Waals surface area contributed by atoms with Crippen LogP contribution in [0.3, 0.4) is 0 Å². The van der Waals surface area contributed by atoms with Crippen LogP contribution in [-0.2, 0) is 12.6 Å². The fourth-order valence-electron chi connectivity index (χ4n) is 7.87. The Bertz CT molecular complexity index is 2720. The van der Waals surface area contributed by atoms with E-state index >= 15 is 0 Å². The Labute approximate surface area is 323 Å². The second kappa shape index (κ2) is 14.6. The van der Waals surface area contributed by atoms with Crippen molar-refractivity contribution in [2.75, 3.05) is 28.4 Å². The van der Waals surface area contributed by atoms with Crippen LogP contribution in [0.4, 0.5) is 13.2 Å². The molecule has 0 saturated carbocycles. The molecule has 0 aliphatic rings. The van der Waals surface area contributed by atoms with Gasteiger partial charge in [0.05, 0.1) is 34.0 Å². The molecule has 56 heavy (non-hydrogen) atoms. The molecule has 0 spiro atoms. The zero-order chi connectivity index (χ0) is 39.1. The molecular weight excluding hydrogens is 710 g/mol. The Morgan fingerprint density at radius 1 is 0.429 bits per heavy atom. The van der Waals surface area contributed by atoms with E-state index in [0.717, 1.165) is 94.7 Å². The first-order valence-electron chi connectivity index (χ1n) is 18.2. The summed E-state index contributed by atoms with van der Waals surface area (Å²) in [7, 11) is 6.56. The molecule has 0 unspecified atom stereocenters. The van der Waals surface area contributed by atoms with Crippen LogP contribution in [0.1, 0.15) is 22.3 Å². The molecule has 8 rings (SSSR count). The maximum Gasteiger partial charge on any atom is 0.416 e. The molecule has 0 saturated heterocycles. The van der Waals surface area contributed by atoms with Crippen LogP contribution in [0.5, 0.6) is 23.0 Å². The summed E-state index contributed by atoms with van der Waals surface area (Å²) < 4.78 is 65.0. The van der Waals surface area contributed by atoms with Gasteiger partial charge in [-0.25, -0.2) is 0 Å². The van der Waals surface area contributed by atoms with E-state index in [1.807, 2.05) is 54.6 Å². The van der Waals surface area contributed by atoms with Crippen molar-refractivity contribution >= 4 is 32.3 Å². The number of rotatable bonds is 9. The standard InChI is InChI=1S/C49H39F3O4/c1-29-6-8-30(9-7-29)26-42-41-27-37(55-4)22-24-39(41)45(33-14-20-36(54-3)21-15-33)48-46(31-10-16-34(17-11-31)49(50,51)52)43-28-38(56-5)23-25-40(43)44(47(42)48)32-12-18-35(53-2)19-13-32/h6-25,27-28H,26H2,1-5H3. The number of fused-ring (bicyclic) bond motifs is 3. The summed E-state index contributed by atoms with van der Waals surface area (Å²) in [4.78, 5) is 0. The van der Waals surface area contributed by atoms with Gasteiger partial charge in [-0.1, -0.05) is 78.4 Å². The lowest BCUT2D eigenvalue weighted by Gasteiger charge is -2.26. The molecule has 8 aromatic rings. The van der Waals surface area contributed by atoms with Gasteiger partial charge in [0.1, 0.15) is 23.0 Å². The van der Waals surface area contributed by atoms with Gasteiger partial charge in [0.25, 0.3) is 0 Å². The van der Waals surface area contributed by atoms with Gasteiger partial charge < -0.3 is 18.9 Å². The molecule has 0 radical (unpaired) electrons. The third-order valence-corrected chi connectivity index (χ3v) is 10.6. The minimum Gasteiger partial charge on any atom is -0.497 e. The number of halogens is 3. The van der Waals surface area contributed by atoms with Gasteiger partial charge in [0.2, 0.25) is 0 Å². The van der Waals surface area contributed by atoms with E-state index in [2.05, 4.69) is 61.5 Å². The van der Waals surface area contributed by atoms with Crippen molar-refractivity contribution in [2.45, 2.75) is 19.5 Å². The minimum atomic E-state index is -4.49. The average molecular weight is 749 g/mol. The monoisotopic (exact) mass is 748 g/mol. The Balaban J connectivity index is 1.68. The number of ether oxygens (including phenoxy) is 4. The summed E-state index contributed by atoms with van der Waals surface area (Å²) >= 11 is 0. The molecule has 8 aromatic carbocycles. The first-order valence-corrected chi connectivity index (χ1v) is 18.2. The SMILES string of the molecule is COc1ccc(-c2c3ccc(OC)cc3c(-c3ccc(C(F)(F)F)cc3)c3c(-c4ccc(OC)cc4)c4ccc(OC)cc4c(Cc4ccc(C)cc4)c23)cc1. The zero-order valence-corrected chi connectivity index (χ0v) is 31.7. The lowest BCUT2D eigenvalue weighted by atomic mass is 9.77. The molecular formula is C49H39F3O4. The summed E-state index contributed by atoms with van der Waals surface area (Å²) in [6.07, 6.45) is -3.92. The molecule has 0 bridgehead atoms. The fourth-order valence-corrected chi connectivity index (χ4v) is 7.87. The molecule has 7 heteroatoms. The summed E-state index contributed by atoms with van der Waals surface area (Å²) in [5.74, 6) is 2.76. The fraction of sp³-hybridized carbons (Fsp3) is 0.143. The smallest absolute Gasteiger partial charge is 0.416 e. The molecule has 0 amide bonds. The topological polar surface area (TPSA) is 36.9 Å². The van der Waals surface area contributed by atoms with Gasteiger partial charge in [-0.15, -0.1) is 0 Å². The highest BCUT2D eigenvalue weighted by molar-refractivity contribution is 6.30. The summed E-state index contributed by atoms with van der Waals surface area (Å²) in [6.45, 7) is 2.07. The number of alkyl halides is 3. The normalized spacial score (nSPS) is 11.6. The van der Waals surface area contributed by atoms with Crippen molar-refractivity contribution < 1.29 is 32.1 Å². The number of benzene rings is 8. The van der Waals surface area contributed by atoms with Crippen LogP contribution in [0, 0.1) is 6.92 Å². The highest BCUT2D eigenvalue weighted by Crippen LogP contribution is 2.53. The molecule has 0 aliphatic carbocycles. The van der Waals surface area contributed by atoms with E-state index in [9.17, 15) is 13.2 Å². The quantitative estimate of drug-likeness (QED) is 0.138. The number of aryl methyl sites for hydroxylation is 1. The van der Waals surface area contributed by atoms with Crippen LogP contribution in [0.2, 0.25) is 0 Å². The van der Waals surface area contributed by atoms with Crippen LogP contribution >= 0.6 is 0 Å². The largest absolute Gasteiger partial charge is 0.497 e. The molecule has 0 heterocycles. The Morgan fingerprint density at radius 3 is 1.32 bits per heavy atom. The average Bonchev–Trinajstić information content (AvgIpc) is 3.23. The summed E-state index contributed by atoms with van der Waals surface area (Å²) in [5.41, 5.74) is 7.86. The second-order valence-corrected chi connectivity index (χ2v) is 13.9. The summed E-state index contributed by atoms with van der Waals surface area (Å²) in [5, 5.41) is 5.62. The van der Waals surface area contributed by atoms with Crippen molar-refractivity contribution in [3.05, 3.63) is 156 Å². The maximum absolute atomic E-state index is 14.0. The number of hydrogen-bond donors (Lipinski definition) is 0. The van der Waals surface area contributed by atoms with Crippen LogP contribution < -0.4 is 18.9 Å². The van der Waals surface area contributed by atoms with Crippen LogP contribution in [0.25, 0.3) is 65.7 Å². The van der Waals surface area contributed by atoms with Crippen molar-refractivity contribution in [1.82, 2.24) is 0 Å². The van der Waals surface area contributed by atoms with E-state index in [1.165, 1.54) is 0 Å². The molecule has 0 atom stereocenters. The highest BCUT2D eigenvalue weighted by atomic mass is 19.4. The third kappa shape index (κ3) is 6.53. The van der Waals surface area contributed by atoms with Crippen molar-refractivity contribution in [3.63, 3.8) is 0 Å². The first kappa shape index (κ1) is 36.5. The summed E-state index contributed by atoms with van der Waals surface area (Å²) in [6, 6.07) is 42.1. The highest BCUT2D eigenvalue weighted by Gasteiger charge is 2.31. The lowest BCUT2D eigenvalue weighted by molar-refractivity contribution is -0.137. The molecule has 0 N–H and O–H groups in total. The van der Waals surface area contributed by atoms with E-state index < -0.39 is 11.7 Å². The zero-order valence-electron chi connectivity index (χ0n) is 31.7. The lowest BCUT2D eigenvalue weighted by Crippen LogP contribution is -2.04. The van der Waals surface area contributed by atoms with Gasteiger partial charge in [-0.05, 0) is 151 Å². The van der Waals surface area contributed by atoms with Gasteiger partial charge in [-0.3, -0.25) is 0 Å². The van der Waals surface area contributed by atoms with Gasteiger partial charge >= 0.3 is 6.18 Å². The first-order chi connectivity index (χ1) is 27.1. The molecule has 280 valence electrons.